The van der Waals surface area contributed by atoms with Crippen molar-refractivity contribution < 1.29 is 23.9 Å². The average Bonchev–Trinajstić information content (AvgIpc) is 3.12. The molecular formula is C39H35N3O5S. The van der Waals surface area contributed by atoms with Crippen LogP contribution in [0.2, 0.25) is 0 Å². The van der Waals surface area contributed by atoms with E-state index in [4.69, 9.17) is 9.47 Å². The van der Waals surface area contributed by atoms with Gasteiger partial charge in [-0.25, -0.2) is 0 Å². The molecule has 0 aliphatic carbocycles. The molecule has 5 aromatic carbocycles. The van der Waals surface area contributed by atoms with Crippen LogP contribution in [-0.4, -0.2) is 31.4 Å². The van der Waals surface area contributed by atoms with Crippen molar-refractivity contribution in [1.29, 1.82) is 0 Å². The van der Waals surface area contributed by atoms with Crippen molar-refractivity contribution in [3.05, 3.63) is 156 Å². The van der Waals surface area contributed by atoms with Crippen LogP contribution in [-0.2, 0) is 9.59 Å². The quantitative estimate of drug-likeness (QED) is 0.0876. The van der Waals surface area contributed by atoms with Gasteiger partial charge in [0.25, 0.3) is 11.8 Å². The molecule has 0 bridgehead atoms. The smallest absolute Gasteiger partial charge is 0.272 e. The second-order valence-corrected chi connectivity index (χ2v) is 11.6. The fourth-order valence-electron chi connectivity index (χ4n) is 4.74. The van der Waals surface area contributed by atoms with Crippen LogP contribution in [0.25, 0.3) is 6.08 Å². The molecule has 9 heteroatoms. The van der Waals surface area contributed by atoms with Crippen molar-refractivity contribution in [1.82, 2.24) is 5.32 Å². The summed E-state index contributed by atoms with van der Waals surface area (Å²) in [6, 6.07) is 39.9. The van der Waals surface area contributed by atoms with Gasteiger partial charge in [-0.15, -0.1) is 11.8 Å². The molecule has 0 heterocycles. The minimum Gasteiger partial charge on any atom is -0.497 e. The summed E-state index contributed by atoms with van der Waals surface area (Å²) in [7, 11) is 1.56. The summed E-state index contributed by atoms with van der Waals surface area (Å²) in [5, 5.41) is 8.09. The van der Waals surface area contributed by atoms with E-state index in [2.05, 4.69) is 16.0 Å². The van der Waals surface area contributed by atoms with Gasteiger partial charge in [0.05, 0.1) is 19.4 Å². The fraction of sp³-hybridized carbons (Fsp3) is 0.103. The van der Waals surface area contributed by atoms with Crippen LogP contribution in [0.1, 0.15) is 33.7 Å². The van der Waals surface area contributed by atoms with Gasteiger partial charge < -0.3 is 25.4 Å². The SMILES string of the molecule is CCOc1ccccc1NC(=O)C(Sc1ccc(NC(=O)/C(=C/c2cccc(OC)c2)NC(=O)c2ccccc2)cc1)c1ccccc1. The van der Waals surface area contributed by atoms with E-state index in [-0.39, 0.29) is 11.6 Å². The number of methoxy groups -OCH3 is 1. The topological polar surface area (TPSA) is 106 Å². The van der Waals surface area contributed by atoms with Gasteiger partial charge in [-0.3, -0.25) is 14.4 Å². The van der Waals surface area contributed by atoms with Crippen LogP contribution in [0.3, 0.4) is 0 Å². The zero-order chi connectivity index (χ0) is 33.7. The van der Waals surface area contributed by atoms with Gasteiger partial charge in [-0.05, 0) is 84.8 Å². The minimum atomic E-state index is -0.563. The van der Waals surface area contributed by atoms with Crippen molar-refractivity contribution in [3.63, 3.8) is 0 Å². The first-order chi connectivity index (χ1) is 23.4. The van der Waals surface area contributed by atoms with Gasteiger partial charge in [0.1, 0.15) is 22.4 Å². The number of para-hydroxylation sites is 2. The van der Waals surface area contributed by atoms with E-state index in [9.17, 15) is 14.4 Å². The molecule has 48 heavy (non-hydrogen) atoms. The molecule has 0 saturated heterocycles. The molecule has 0 fully saturated rings. The molecule has 5 rings (SSSR count). The molecule has 0 saturated carbocycles. The Morgan fingerprint density at radius 1 is 0.771 bits per heavy atom. The van der Waals surface area contributed by atoms with Crippen molar-refractivity contribution >= 4 is 46.9 Å². The third-order valence-corrected chi connectivity index (χ3v) is 8.35. The summed E-state index contributed by atoms with van der Waals surface area (Å²) in [5.41, 5.74) is 3.11. The second kappa shape index (κ2) is 16.7. The number of ether oxygens (including phenoxy) is 2. The zero-order valence-corrected chi connectivity index (χ0v) is 27.3. The number of benzene rings is 5. The van der Waals surface area contributed by atoms with Gasteiger partial charge in [0, 0.05) is 16.1 Å². The van der Waals surface area contributed by atoms with Crippen molar-refractivity contribution in [2.45, 2.75) is 17.1 Å². The van der Waals surface area contributed by atoms with Crippen molar-refractivity contribution in [2.24, 2.45) is 0 Å². The summed E-state index contributed by atoms with van der Waals surface area (Å²) >= 11 is 1.39. The lowest BCUT2D eigenvalue weighted by Gasteiger charge is -2.19. The Kier molecular flexibility index (Phi) is 11.7. The Balaban J connectivity index is 1.34. The maximum Gasteiger partial charge on any atom is 0.272 e. The predicted octanol–water partition coefficient (Wildman–Crippen LogP) is 7.98. The molecule has 0 aliphatic rings. The lowest BCUT2D eigenvalue weighted by molar-refractivity contribution is -0.116. The summed E-state index contributed by atoms with van der Waals surface area (Å²) < 4.78 is 11.0. The first-order valence-electron chi connectivity index (χ1n) is 15.3. The highest BCUT2D eigenvalue weighted by Crippen LogP contribution is 2.37. The van der Waals surface area contributed by atoms with Gasteiger partial charge in [0.2, 0.25) is 5.91 Å². The number of amides is 3. The minimum absolute atomic E-state index is 0.0590. The maximum atomic E-state index is 13.6. The van der Waals surface area contributed by atoms with Crippen molar-refractivity contribution in [2.75, 3.05) is 24.4 Å². The van der Waals surface area contributed by atoms with E-state index >= 15 is 0 Å². The molecule has 0 aliphatic heterocycles. The van der Waals surface area contributed by atoms with Crippen molar-refractivity contribution in [3.8, 4) is 11.5 Å². The molecule has 0 aromatic heterocycles. The summed E-state index contributed by atoms with van der Waals surface area (Å²) in [6.07, 6.45) is 1.59. The number of hydrogen-bond acceptors (Lipinski definition) is 6. The molecule has 0 radical (unpaired) electrons. The standard InChI is InChI=1S/C39H35N3O5S/c1-3-47-35-20-11-10-19-33(35)41-39(45)36(28-14-6-4-7-15-28)48-32-23-21-30(22-24-32)40-38(44)34(26-27-13-12-18-31(25-27)46-2)42-37(43)29-16-8-5-9-17-29/h4-26,36H,3H2,1-2H3,(H,40,44)(H,41,45)(H,42,43)/b34-26-. The molecule has 5 aromatic rings. The van der Waals surface area contributed by atoms with Crippen LogP contribution < -0.4 is 25.4 Å². The Labute approximate surface area is 284 Å². The van der Waals surface area contributed by atoms with E-state index < -0.39 is 17.1 Å². The monoisotopic (exact) mass is 657 g/mol. The van der Waals surface area contributed by atoms with Crippen LogP contribution in [0.5, 0.6) is 11.5 Å². The lowest BCUT2D eigenvalue weighted by atomic mass is 10.1. The number of carbonyl (C=O) groups is 3. The summed E-state index contributed by atoms with van der Waals surface area (Å²) in [4.78, 5) is 41.0. The Bertz CT molecular complexity index is 1880. The first kappa shape index (κ1) is 33.6. The molecule has 1 atom stereocenters. The predicted molar refractivity (Wildman–Crippen MR) is 191 cm³/mol. The highest BCUT2D eigenvalue weighted by Gasteiger charge is 2.23. The molecule has 1 unspecified atom stereocenters. The molecule has 3 amide bonds. The third-order valence-electron chi connectivity index (χ3n) is 7.08. The normalized spacial score (nSPS) is 11.6. The van der Waals surface area contributed by atoms with E-state index in [1.165, 1.54) is 11.8 Å². The number of thioether (sulfide) groups is 1. The fourth-order valence-corrected chi connectivity index (χ4v) is 5.77. The Hall–Kier alpha value is -5.80. The third kappa shape index (κ3) is 9.14. The second-order valence-electron chi connectivity index (χ2n) is 10.5. The first-order valence-corrected chi connectivity index (χ1v) is 16.2. The Morgan fingerprint density at radius 3 is 2.17 bits per heavy atom. The van der Waals surface area contributed by atoms with Crippen LogP contribution in [0.15, 0.2) is 144 Å². The largest absolute Gasteiger partial charge is 0.497 e. The highest BCUT2D eigenvalue weighted by molar-refractivity contribution is 8.00. The summed E-state index contributed by atoms with van der Waals surface area (Å²) in [6.45, 7) is 2.37. The van der Waals surface area contributed by atoms with Gasteiger partial charge in [0.15, 0.2) is 0 Å². The van der Waals surface area contributed by atoms with Gasteiger partial charge >= 0.3 is 0 Å². The molecule has 3 N–H and O–H groups in total. The van der Waals surface area contributed by atoms with Crippen LogP contribution >= 0.6 is 11.8 Å². The molecule has 0 spiro atoms. The number of nitrogens with one attached hydrogen (secondary N) is 3. The lowest BCUT2D eigenvalue weighted by Crippen LogP contribution is -2.30. The van der Waals surface area contributed by atoms with Gasteiger partial charge in [-0.1, -0.05) is 72.8 Å². The van der Waals surface area contributed by atoms with E-state index in [0.29, 0.717) is 40.6 Å². The molecular weight excluding hydrogens is 623 g/mol. The molecule has 242 valence electrons. The summed E-state index contributed by atoms with van der Waals surface area (Å²) in [5.74, 6) is 0.104. The number of hydrogen-bond donors (Lipinski definition) is 3. The number of anilines is 2. The maximum absolute atomic E-state index is 13.6. The van der Waals surface area contributed by atoms with Crippen LogP contribution in [0, 0.1) is 0 Å². The zero-order valence-electron chi connectivity index (χ0n) is 26.5. The molecule has 8 nitrogen and oxygen atoms in total. The van der Waals surface area contributed by atoms with E-state index in [1.807, 2.05) is 85.8 Å². The average molecular weight is 658 g/mol. The highest BCUT2D eigenvalue weighted by atomic mass is 32.2. The van der Waals surface area contributed by atoms with E-state index in [1.54, 1.807) is 67.8 Å². The number of carbonyl (C=O) groups excluding carboxylic acids is 3. The van der Waals surface area contributed by atoms with E-state index in [0.717, 1.165) is 10.5 Å². The Morgan fingerprint density at radius 2 is 1.46 bits per heavy atom. The number of rotatable bonds is 13. The van der Waals surface area contributed by atoms with Gasteiger partial charge in [-0.2, -0.15) is 0 Å². The van der Waals surface area contributed by atoms with Crippen LogP contribution in [0.4, 0.5) is 11.4 Å².